The second-order valence-electron chi connectivity index (χ2n) is 6.62. The van der Waals surface area contributed by atoms with E-state index < -0.39 is 0 Å². The number of hydrogen-bond donors (Lipinski definition) is 1. The fraction of sp³-hybridized carbons (Fsp3) is 0.421. The Morgan fingerprint density at radius 1 is 1.27 bits per heavy atom. The van der Waals surface area contributed by atoms with E-state index in [1.807, 2.05) is 13.8 Å². The van der Waals surface area contributed by atoms with Crippen molar-refractivity contribution in [1.29, 1.82) is 0 Å². The van der Waals surface area contributed by atoms with E-state index in [1.54, 1.807) is 31.3 Å². The minimum atomic E-state index is -0.201. The van der Waals surface area contributed by atoms with Crippen molar-refractivity contribution in [2.24, 2.45) is 0 Å². The van der Waals surface area contributed by atoms with Gasteiger partial charge in [0, 0.05) is 18.7 Å². The zero-order chi connectivity index (χ0) is 18.7. The van der Waals surface area contributed by atoms with Gasteiger partial charge in [-0.3, -0.25) is 9.59 Å². The Morgan fingerprint density at radius 3 is 2.54 bits per heavy atom. The second-order valence-corrected chi connectivity index (χ2v) is 6.62. The van der Waals surface area contributed by atoms with Crippen LogP contribution in [0.1, 0.15) is 40.2 Å². The molecule has 0 unspecified atom stereocenters. The van der Waals surface area contributed by atoms with Crippen molar-refractivity contribution in [3.05, 3.63) is 46.8 Å². The zero-order valence-electron chi connectivity index (χ0n) is 15.2. The highest BCUT2D eigenvalue weighted by atomic mass is 16.5. The Hall–Kier alpha value is -2.83. The zero-order valence-corrected chi connectivity index (χ0v) is 15.2. The van der Waals surface area contributed by atoms with Crippen molar-refractivity contribution in [3.8, 4) is 5.75 Å². The van der Waals surface area contributed by atoms with Gasteiger partial charge in [-0.05, 0) is 51.0 Å². The van der Waals surface area contributed by atoms with Crippen LogP contribution in [0.4, 0.5) is 0 Å². The summed E-state index contributed by atoms with van der Waals surface area (Å²) in [4.78, 5) is 25.6. The first-order valence-corrected chi connectivity index (χ1v) is 8.63. The van der Waals surface area contributed by atoms with Gasteiger partial charge in [0.05, 0.1) is 17.8 Å². The van der Waals surface area contributed by atoms with E-state index in [0.717, 1.165) is 29.9 Å². The Morgan fingerprint density at radius 2 is 1.96 bits per heavy atom. The normalized spacial score (nSPS) is 13.3. The molecule has 3 rings (SSSR count). The molecule has 2 aromatic rings. The quantitative estimate of drug-likeness (QED) is 0.821. The maximum atomic E-state index is 12.4. The Kier molecular flexibility index (Phi) is 5.25. The molecule has 1 fully saturated rings. The molecule has 1 saturated carbocycles. The van der Waals surface area contributed by atoms with Gasteiger partial charge < -0.3 is 19.5 Å². The molecule has 0 saturated heterocycles. The van der Waals surface area contributed by atoms with Gasteiger partial charge in [-0.25, -0.2) is 0 Å². The molecule has 138 valence electrons. The van der Waals surface area contributed by atoms with Crippen molar-refractivity contribution in [3.63, 3.8) is 0 Å². The molecule has 1 aromatic carbocycles. The number of aryl methyl sites for hydroxylation is 2. The number of nitrogens with one attached hydrogen (secondary N) is 1. The van der Waals surface area contributed by atoms with Gasteiger partial charge in [-0.2, -0.15) is 0 Å². The molecule has 0 aliphatic heterocycles. The molecule has 1 heterocycles. The van der Waals surface area contributed by atoms with E-state index in [2.05, 4.69) is 10.5 Å². The van der Waals surface area contributed by atoms with Crippen LogP contribution in [0, 0.1) is 13.8 Å². The molecular weight excluding hydrogens is 334 g/mol. The van der Waals surface area contributed by atoms with E-state index in [-0.39, 0.29) is 18.4 Å². The second kappa shape index (κ2) is 7.59. The summed E-state index contributed by atoms with van der Waals surface area (Å²) in [5.41, 5.74) is 2.24. The van der Waals surface area contributed by atoms with Gasteiger partial charge in [0.1, 0.15) is 18.1 Å². The van der Waals surface area contributed by atoms with Crippen LogP contribution in [0.3, 0.4) is 0 Å². The van der Waals surface area contributed by atoms with Crippen LogP contribution in [0.15, 0.2) is 28.8 Å². The third-order valence-electron chi connectivity index (χ3n) is 4.34. The number of aromatic nitrogens is 1. The summed E-state index contributed by atoms with van der Waals surface area (Å²) >= 11 is 0. The smallest absolute Gasteiger partial charge is 0.254 e. The largest absolute Gasteiger partial charge is 0.489 e. The topological polar surface area (TPSA) is 84.7 Å². The summed E-state index contributed by atoms with van der Waals surface area (Å²) in [6.45, 7) is 4.12. The van der Waals surface area contributed by atoms with Gasteiger partial charge in [0.2, 0.25) is 5.91 Å². The van der Waals surface area contributed by atoms with E-state index in [9.17, 15) is 9.59 Å². The lowest BCUT2D eigenvalue weighted by Crippen LogP contribution is -2.39. The maximum Gasteiger partial charge on any atom is 0.254 e. The number of benzene rings is 1. The van der Waals surface area contributed by atoms with Crippen molar-refractivity contribution < 1.29 is 18.8 Å². The average molecular weight is 357 g/mol. The highest BCUT2D eigenvalue weighted by Crippen LogP contribution is 2.19. The standard InChI is InChI=1S/C19H23N3O4/c1-12-17(13(2)26-21-12)11-25-16-8-4-14(5-9-16)19(24)22(3)10-18(23)20-15-6-7-15/h4-5,8-9,15H,6-7,10-11H2,1-3H3,(H,20,23). The first kappa shape index (κ1) is 18.0. The molecule has 1 N–H and O–H groups in total. The Labute approximate surface area is 152 Å². The molecule has 1 aliphatic rings. The Balaban J connectivity index is 1.54. The monoisotopic (exact) mass is 357 g/mol. The van der Waals surface area contributed by atoms with Crippen LogP contribution < -0.4 is 10.1 Å². The number of likely N-dealkylation sites (N-methyl/N-ethyl adjacent to an activating group) is 1. The Bertz CT molecular complexity index is 774. The molecule has 7 nitrogen and oxygen atoms in total. The first-order chi connectivity index (χ1) is 12.4. The summed E-state index contributed by atoms with van der Waals surface area (Å²) in [7, 11) is 1.62. The molecule has 2 amide bonds. The predicted molar refractivity (Wildman–Crippen MR) is 94.9 cm³/mol. The van der Waals surface area contributed by atoms with Crippen molar-refractivity contribution in [2.45, 2.75) is 39.3 Å². The third-order valence-corrected chi connectivity index (χ3v) is 4.34. The number of amides is 2. The van der Waals surface area contributed by atoms with Crippen LogP contribution in [-0.2, 0) is 11.4 Å². The summed E-state index contributed by atoms with van der Waals surface area (Å²) in [6.07, 6.45) is 2.05. The average Bonchev–Trinajstić information content (AvgIpc) is 3.37. The number of carbonyl (C=O) groups excluding carboxylic acids is 2. The van der Waals surface area contributed by atoms with Crippen molar-refractivity contribution in [1.82, 2.24) is 15.4 Å². The maximum absolute atomic E-state index is 12.4. The number of carbonyl (C=O) groups is 2. The molecule has 0 radical (unpaired) electrons. The highest BCUT2D eigenvalue weighted by molar-refractivity contribution is 5.96. The molecule has 1 aromatic heterocycles. The van der Waals surface area contributed by atoms with E-state index in [0.29, 0.717) is 24.0 Å². The van der Waals surface area contributed by atoms with E-state index in [4.69, 9.17) is 9.26 Å². The van der Waals surface area contributed by atoms with Gasteiger partial charge in [0.15, 0.2) is 0 Å². The van der Waals surface area contributed by atoms with Crippen molar-refractivity contribution in [2.75, 3.05) is 13.6 Å². The summed E-state index contributed by atoms with van der Waals surface area (Å²) < 4.78 is 10.8. The number of rotatable bonds is 7. The summed E-state index contributed by atoms with van der Waals surface area (Å²) in [5, 5.41) is 6.77. The third kappa shape index (κ3) is 4.41. The molecule has 1 aliphatic carbocycles. The minimum Gasteiger partial charge on any atom is -0.489 e. The van der Waals surface area contributed by atoms with E-state index in [1.165, 1.54) is 4.90 Å². The number of ether oxygens (including phenoxy) is 1. The molecule has 0 bridgehead atoms. The fourth-order valence-corrected chi connectivity index (χ4v) is 2.57. The highest BCUT2D eigenvalue weighted by Gasteiger charge is 2.24. The molecule has 26 heavy (non-hydrogen) atoms. The van der Waals surface area contributed by atoms with E-state index >= 15 is 0 Å². The van der Waals surface area contributed by atoms with Crippen LogP contribution in [0.25, 0.3) is 0 Å². The summed E-state index contributed by atoms with van der Waals surface area (Å²) in [6, 6.07) is 7.16. The lowest BCUT2D eigenvalue weighted by molar-refractivity contribution is -0.121. The molecule has 0 spiro atoms. The summed E-state index contributed by atoms with van der Waals surface area (Å²) in [5.74, 6) is 1.06. The van der Waals surface area contributed by atoms with Crippen LogP contribution >= 0.6 is 0 Å². The SMILES string of the molecule is Cc1noc(C)c1COc1ccc(C(=O)N(C)CC(=O)NC2CC2)cc1. The number of hydrogen-bond acceptors (Lipinski definition) is 5. The molecule has 0 atom stereocenters. The number of nitrogens with zero attached hydrogens (tertiary/aromatic N) is 2. The van der Waals surface area contributed by atoms with Gasteiger partial charge in [-0.15, -0.1) is 0 Å². The minimum absolute atomic E-state index is 0.0552. The first-order valence-electron chi connectivity index (χ1n) is 8.63. The van der Waals surface area contributed by atoms with Crippen LogP contribution in [0.2, 0.25) is 0 Å². The lowest BCUT2D eigenvalue weighted by Gasteiger charge is -2.17. The predicted octanol–water partition coefficient (Wildman–Crippen LogP) is 2.22. The fourth-order valence-electron chi connectivity index (χ4n) is 2.57. The van der Waals surface area contributed by atoms with Gasteiger partial charge >= 0.3 is 0 Å². The van der Waals surface area contributed by atoms with Gasteiger partial charge in [-0.1, -0.05) is 5.16 Å². The van der Waals surface area contributed by atoms with Crippen LogP contribution in [-0.4, -0.2) is 41.5 Å². The lowest BCUT2D eigenvalue weighted by atomic mass is 10.2. The molecule has 7 heteroatoms. The van der Waals surface area contributed by atoms with Crippen LogP contribution in [0.5, 0.6) is 5.75 Å². The van der Waals surface area contributed by atoms with Crippen molar-refractivity contribution >= 4 is 11.8 Å². The molecular formula is C19H23N3O4. The van der Waals surface area contributed by atoms with Gasteiger partial charge in [0.25, 0.3) is 5.91 Å².